The van der Waals surface area contributed by atoms with Crippen molar-refractivity contribution >= 4 is 34.4 Å². The Hall–Kier alpha value is -3.38. The van der Waals surface area contributed by atoms with Gasteiger partial charge in [0.2, 0.25) is 5.91 Å². The van der Waals surface area contributed by atoms with Crippen LogP contribution in [0.2, 0.25) is 0 Å². The monoisotopic (exact) mass is 429 g/mol. The Morgan fingerprint density at radius 3 is 2.45 bits per heavy atom. The zero-order valence-corrected chi connectivity index (χ0v) is 18.3. The molecule has 0 atom stereocenters. The van der Waals surface area contributed by atoms with Gasteiger partial charge in [-0.1, -0.05) is 59.8 Å². The molecular weight excluding hydrogens is 406 g/mol. The van der Waals surface area contributed by atoms with Crippen molar-refractivity contribution in [2.75, 3.05) is 18.2 Å². The minimum atomic E-state index is -0.102. The summed E-state index contributed by atoms with van der Waals surface area (Å²) >= 11 is 1.40. The van der Waals surface area contributed by atoms with Crippen LogP contribution in [-0.4, -0.2) is 28.7 Å². The fourth-order valence-electron chi connectivity index (χ4n) is 3.18. The van der Waals surface area contributed by atoms with E-state index in [0.717, 1.165) is 27.3 Å². The number of rotatable bonds is 7. The van der Waals surface area contributed by atoms with E-state index in [1.807, 2.05) is 42.5 Å². The molecule has 0 aliphatic heterocycles. The number of methoxy groups -OCH3 is 1. The molecule has 6 heteroatoms. The van der Waals surface area contributed by atoms with Crippen LogP contribution in [0, 0.1) is 6.92 Å². The highest BCUT2D eigenvalue weighted by Gasteiger charge is 2.13. The van der Waals surface area contributed by atoms with Gasteiger partial charge < -0.3 is 10.1 Å². The van der Waals surface area contributed by atoms with Gasteiger partial charge in [-0.25, -0.2) is 9.97 Å². The van der Waals surface area contributed by atoms with E-state index < -0.39 is 0 Å². The topological polar surface area (TPSA) is 64.1 Å². The summed E-state index contributed by atoms with van der Waals surface area (Å²) in [6, 6.07) is 23.5. The lowest BCUT2D eigenvalue weighted by molar-refractivity contribution is -0.113. The normalized spacial score (nSPS) is 10.8. The maximum atomic E-state index is 12.5. The largest absolute Gasteiger partial charge is 0.497 e. The van der Waals surface area contributed by atoms with Crippen LogP contribution < -0.4 is 10.1 Å². The van der Waals surface area contributed by atoms with Gasteiger partial charge in [0.1, 0.15) is 10.8 Å². The van der Waals surface area contributed by atoms with Crippen LogP contribution in [0.3, 0.4) is 0 Å². The molecule has 4 rings (SSSR count). The van der Waals surface area contributed by atoms with Crippen LogP contribution in [-0.2, 0) is 11.2 Å². The second-order valence-electron chi connectivity index (χ2n) is 7.20. The first-order valence-electron chi connectivity index (χ1n) is 9.98. The quantitative estimate of drug-likeness (QED) is 0.406. The number of aromatic nitrogens is 2. The lowest BCUT2D eigenvalue weighted by Gasteiger charge is -2.11. The van der Waals surface area contributed by atoms with Crippen molar-refractivity contribution in [3.05, 3.63) is 89.6 Å². The Balaban J connectivity index is 1.53. The lowest BCUT2D eigenvalue weighted by atomic mass is 10.1. The van der Waals surface area contributed by atoms with E-state index in [9.17, 15) is 4.79 Å². The summed E-state index contributed by atoms with van der Waals surface area (Å²) in [6.45, 7) is 2.07. The van der Waals surface area contributed by atoms with Gasteiger partial charge in [-0.2, -0.15) is 0 Å². The summed E-state index contributed by atoms with van der Waals surface area (Å²) in [4.78, 5) is 22.2. The number of anilines is 1. The predicted molar refractivity (Wildman–Crippen MR) is 126 cm³/mol. The number of thioether (sulfide) groups is 1. The predicted octanol–water partition coefficient (Wildman–Crippen LogP) is 5.27. The van der Waals surface area contributed by atoms with Gasteiger partial charge in [0, 0.05) is 18.2 Å². The summed E-state index contributed by atoms with van der Waals surface area (Å²) in [7, 11) is 1.60. The number of amides is 1. The SMILES string of the molecule is COc1cccc(NC(=O)CSc2nc3ccccc3nc2Cc2ccc(C)cc2)c1. The zero-order valence-electron chi connectivity index (χ0n) is 17.5. The molecule has 0 radical (unpaired) electrons. The Labute approximate surface area is 185 Å². The van der Waals surface area contributed by atoms with Gasteiger partial charge in [0.15, 0.2) is 0 Å². The number of benzene rings is 3. The van der Waals surface area contributed by atoms with E-state index in [2.05, 4.69) is 36.5 Å². The van der Waals surface area contributed by atoms with Crippen molar-refractivity contribution in [1.82, 2.24) is 9.97 Å². The molecule has 1 N–H and O–H groups in total. The minimum absolute atomic E-state index is 0.102. The molecule has 0 saturated heterocycles. The average Bonchev–Trinajstić information content (AvgIpc) is 2.79. The number of aryl methyl sites for hydroxylation is 1. The summed E-state index contributed by atoms with van der Waals surface area (Å²) in [5.41, 5.74) is 5.65. The van der Waals surface area contributed by atoms with E-state index in [0.29, 0.717) is 17.9 Å². The highest BCUT2D eigenvalue weighted by atomic mass is 32.2. The molecule has 0 fully saturated rings. The standard InChI is InChI=1S/C25H23N3O2S/c1-17-10-12-18(13-11-17)14-23-25(28-22-9-4-3-8-21(22)27-23)31-16-24(29)26-19-6-5-7-20(15-19)30-2/h3-13,15H,14,16H2,1-2H3,(H,26,29). The molecule has 0 spiro atoms. The molecule has 0 saturated carbocycles. The molecule has 4 aromatic rings. The number of hydrogen-bond donors (Lipinski definition) is 1. The highest BCUT2D eigenvalue weighted by Crippen LogP contribution is 2.25. The Kier molecular flexibility index (Phi) is 6.48. The molecule has 0 aliphatic rings. The smallest absolute Gasteiger partial charge is 0.234 e. The number of carbonyl (C=O) groups excluding carboxylic acids is 1. The maximum absolute atomic E-state index is 12.5. The molecule has 1 aromatic heterocycles. The number of nitrogens with one attached hydrogen (secondary N) is 1. The van der Waals surface area contributed by atoms with Gasteiger partial charge in [0.05, 0.1) is 29.6 Å². The van der Waals surface area contributed by atoms with Crippen LogP contribution in [0.4, 0.5) is 5.69 Å². The molecule has 0 unspecified atom stereocenters. The van der Waals surface area contributed by atoms with E-state index in [4.69, 9.17) is 14.7 Å². The van der Waals surface area contributed by atoms with E-state index in [1.54, 1.807) is 13.2 Å². The van der Waals surface area contributed by atoms with Gasteiger partial charge in [-0.3, -0.25) is 4.79 Å². The van der Waals surface area contributed by atoms with Crippen molar-refractivity contribution in [3.8, 4) is 5.75 Å². The molecule has 31 heavy (non-hydrogen) atoms. The summed E-state index contributed by atoms with van der Waals surface area (Å²) < 4.78 is 5.21. The second kappa shape index (κ2) is 9.62. The fraction of sp³-hybridized carbons (Fsp3) is 0.160. The van der Waals surface area contributed by atoms with Gasteiger partial charge in [-0.15, -0.1) is 0 Å². The first-order valence-corrected chi connectivity index (χ1v) is 11.0. The van der Waals surface area contributed by atoms with Crippen LogP contribution in [0.25, 0.3) is 11.0 Å². The fourth-order valence-corrected chi connectivity index (χ4v) is 3.97. The minimum Gasteiger partial charge on any atom is -0.497 e. The number of fused-ring (bicyclic) bond motifs is 1. The van der Waals surface area contributed by atoms with Gasteiger partial charge in [0.25, 0.3) is 0 Å². The van der Waals surface area contributed by atoms with Crippen LogP contribution in [0.15, 0.2) is 77.8 Å². The number of para-hydroxylation sites is 2. The number of carbonyl (C=O) groups is 1. The van der Waals surface area contributed by atoms with Gasteiger partial charge in [-0.05, 0) is 36.8 Å². The lowest BCUT2D eigenvalue weighted by Crippen LogP contribution is -2.14. The highest BCUT2D eigenvalue weighted by molar-refractivity contribution is 8.00. The molecule has 5 nitrogen and oxygen atoms in total. The van der Waals surface area contributed by atoms with Crippen molar-refractivity contribution in [2.24, 2.45) is 0 Å². The second-order valence-corrected chi connectivity index (χ2v) is 8.16. The number of ether oxygens (including phenoxy) is 1. The van der Waals surface area contributed by atoms with E-state index >= 15 is 0 Å². The third-order valence-electron chi connectivity index (χ3n) is 4.79. The van der Waals surface area contributed by atoms with Crippen LogP contribution >= 0.6 is 11.8 Å². The molecular formula is C25H23N3O2S. The van der Waals surface area contributed by atoms with Crippen molar-refractivity contribution < 1.29 is 9.53 Å². The molecule has 0 bridgehead atoms. The Morgan fingerprint density at radius 2 is 1.71 bits per heavy atom. The van der Waals surface area contributed by atoms with Crippen LogP contribution in [0.1, 0.15) is 16.8 Å². The molecule has 3 aromatic carbocycles. The first kappa shape index (κ1) is 20.9. The Morgan fingerprint density at radius 1 is 0.968 bits per heavy atom. The number of nitrogens with zero attached hydrogens (tertiary/aromatic N) is 2. The van der Waals surface area contributed by atoms with Crippen molar-refractivity contribution in [3.63, 3.8) is 0 Å². The average molecular weight is 430 g/mol. The first-order chi connectivity index (χ1) is 15.1. The van der Waals surface area contributed by atoms with E-state index in [1.165, 1.54) is 17.3 Å². The third kappa shape index (κ3) is 5.41. The van der Waals surface area contributed by atoms with E-state index in [-0.39, 0.29) is 11.7 Å². The summed E-state index contributed by atoms with van der Waals surface area (Å²) in [5, 5.41) is 3.69. The molecule has 1 heterocycles. The van der Waals surface area contributed by atoms with Crippen molar-refractivity contribution in [1.29, 1.82) is 0 Å². The van der Waals surface area contributed by atoms with Crippen molar-refractivity contribution in [2.45, 2.75) is 18.4 Å². The summed E-state index contributed by atoms with van der Waals surface area (Å²) in [6.07, 6.45) is 0.665. The Bertz CT molecular complexity index is 1210. The molecule has 0 aliphatic carbocycles. The molecule has 1 amide bonds. The number of hydrogen-bond acceptors (Lipinski definition) is 5. The van der Waals surface area contributed by atoms with Gasteiger partial charge >= 0.3 is 0 Å². The van der Waals surface area contributed by atoms with Crippen LogP contribution in [0.5, 0.6) is 5.75 Å². The zero-order chi connectivity index (χ0) is 21.6. The maximum Gasteiger partial charge on any atom is 0.234 e. The third-order valence-corrected chi connectivity index (χ3v) is 5.80. The molecule has 156 valence electrons. The summed E-state index contributed by atoms with van der Waals surface area (Å²) in [5.74, 6) is 0.839.